The smallest absolute Gasteiger partial charge is 0.191 e. The van der Waals surface area contributed by atoms with Crippen LogP contribution in [-0.2, 0) is 13.0 Å². The van der Waals surface area contributed by atoms with Gasteiger partial charge in [-0.1, -0.05) is 13.0 Å². The average molecular weight is 436 g/mol. The maximum atomic E-state index is 14.0. The molecule has 2 aromatic rings. The van der Waals surface area contributed by atoms with Crippen LogP contribution in [0, 0.1) is 17.6 Å². The average Bonchev–Trinajstić information content (AvgIpc) is 3.19. The minimum absolute atomic E-state index is 0.315. The van der Waals surface area contributed by atoms with Gasteiger partial charge in [-0.25, -0.2) is 13.8 Å². The molecule has 0 aliphatic carbocycles. The Labute approximate surface area is 181 Å². The highest BCUT2D eigenvalue weighted by atomic mass is 32.1. The van der Waals surface area contributed by atoms with Crippen LogP contribution in [-0.4, -0.2) is 42.5 Å². The molecule has 3 rings (SSSR count). The largest absolute Gasteiger partial charge is 0.356 e. The Morgan fingerprint density at radius 2 is 2.10 bits per heavy atom. The first-order chi connectivity index (χ1) is 14.5. The van der Waals surface area contributed by atoms with Gasteiger partial charge in [0, 0.05) is 37.1 Å². The van der Waals surface area contributed by atoms with Crippen molar-refractivity contribution in [3.05, 3.63) is 51.5 Å². The Hall–Kier alpha value is -2.06. The van der Waals surface area contributed by atoms with Gasteiger partial charge in [-0.05, 0) is 51.3 Å². The molecule has 1 aliphatic rings. The van der Waals surface area contributed by atoms with E-state index in [0.717, 1.165) is 51.5 Å². The normalized spacial score (nSPS) is 17.2. The molecule has 0 amide bonds. The summed E-state index contributed by atoms with van der Waals surface area (Å²) in [6.07, 6.45) is 3.24. The number of benzene rings is 1. The fraction of sp³-hybridized carbons (Fsp3) is 0.545. The van der Waals surface area contributed by atoms with E-state index in [0.29, 0.717) is 17.4 Å². The molecule has 2 N–H and O–H groups in total. The summed E-state index contributed by atoms with van der Waals surface area (Å²) in [6.45, 7) is 7.86. The number of aromatic nitrogens is 1. The molecule has 2 heterocycles. The van der Waals surface area contributed by atoms with E-state index < -0.39 is 11.6 Å². The number of piperidine rings is 1. The Bertz CT molecular complexity index is 846. The van der Waals surface area contributed by atoms with Gasteiger partial charge in [-0.15, -0.1) is 11.3 Å². The van der Waals surface area contributed by atoms with Gasteiger partial charge in [0.25, 0.3) is 0 Å². The van der Waals surface area contributed by atoms with E-state index in [1.54, 1.807) is 18.4 Å². The van der Waals surface area contributed by atoms with Gasteiger partial charge in [0.05, 0.1) is 16.7 Å². The lowest BCUT2D eigenvalue weighted by molar-refractivity contribution is 0.176. The van der Waals surface area contributed by atoms with Gasteiger partial charge in [0.1, 0.15) is 11.6 Å². The summed E-state index contributed by atoms with van der Waals surface area (Å²) in [7, 11) is 1.70. The molecular weight excluding hydrogens is 404 g/mol. The minimum atomic E-state index is -0.571. The molecule has 1 aliphatic heterocycles. The van der Waals surface area contributed by atoms with E-state index >= 15 is 0 Å². The zero-order valence-corrected chi connectivity index (χ0v) is 18.7. The third-order valence-electron chi connectivity index (χ3n) is 5.56. The van der Waals surface area contributed by atoms with Gasteiger partial charge in [-0.3, -0.25) is 9.89 Å². The Kier molecular flexibility index (Phi) is 8.16. The van der Waals surface area contributed by atoms with Crippen molar-refractivity contribution in [1.82, 2.24) is 20.5 Å². The summed E-state index contributed by atoms with van der Waals surface area (Å²) < 4.78 is 27.1. The number of nitrogens with one attached hydrogen (secondary N) is 2. The van der Waals surface area contributed by atoms with Crippen molar-refractivity contribution < 1.29 is 8.78 Å². The molecule has 30 heavy (non-hydrogen) atoms. The van der Waals surface area contributed by atoms with Crippen LogP contribution in [0.4, 0.5) is 8.78 Å². The summed E-state index contributed by atoms with van der Waals surface area (Å²) >= 11 is 1.75. The number of hydrogen-bond acceptors (Lipinski definition) is 4. The maximum Gasteiger partial charge on any atom is 0.191 e. The summed E-state index contributed by atoms with van der Waals surface area (Å²) in [5.74, 6) is 0.0735. The molecular formula is C22H31F2N5S. The zero-order chi connectivity index (χ0) is 21.5. The third kappa shape index (κ3) is 6.22. The molecule has 0 radical (unpaired) electrons. The molecule has 0 spiro atoms. The number of nitrogens with zero attached hydrogens (tertiary/aromatic N) is 3. The van der Waals surface area contributed by atoms with E-state index in [2.05, 4.69) is 37.8 Å². The first-order valence-electron chi connectivity index (χ1n) is 10.6. The number of aliphatic imine (C=N–C) groups is 1. The predicted octanol–water partition coefficient (Wildman–Crippen LogP) is 4.12. The van der Waals surface area contributed by atoms with Crippen LogP contribution in [0.15, 0.2) is 28.6 Å². The highest BCUT2D eigenvalue weighted by Gasteiger charge is 2.21. The van der Waals surface area contributed by atoms with Crippen molar-refractivity contribution in [3.63, 3.8) is 0 Å². The van der Waals surface area contributed by atoms with E-state index in [-0.39, 0.29) is 6.04 Å². The lowest BCUT2D eigenvalue weighted by Crippen LogP contribution is -2.43. The van der Waals surface area contributed by atoms with E-state index in [1.807, 2.05) is 6.92 Å². The third-order valence-corrected chi connectivity index (χ3v) is 6.60. The lowest BCUT2D eigenvalue weighted by Gasteiger charge is -2.32. The van der Waals surface area contributed by atoms with E-state index in [4.69, 9.17) is 0 Å². The van der Waals surface area contributed by atoms with Crippen molar-refractivity contribution in [2.75, 3.05) is 26.7 Å². The summed E-state index contributed by atoms with van der Waals surface area (Å²) in [6, 6.07) is 3.34. The molecule has 1 aromatic carbocycles. The van der Waals surface area contributed by atoms with Crippen LogP contribution in [0.1, 0.15) is 49.0 Å². The van der Waals surface area contributed by atoms with Crippen molar-refractivity contribution in [1.29, 1.82) is 0 Å². The van der Waals surface area contributed by atoms with Gasteiger partial charge in [0.2, 0.25) is 0 Å². The van der Waals surface area contributed by atoms with Crippen molar-refractivity contribution in [2.45, 2.75) is 45.7 Å². The Morgan fingerprint density at radius 1 is 1.33 bits per heavy atom. The second kappa shape index (κ2) is 10.8. The van der Waals surface area contributed by atoms with Gasteiger partial charge in [-0.2, -0.15) is 0 Å². The Morgan fingerprint density at radius 3 is 2.73 bits per heavy atom. The number of aryl methyl sites for hydroxylation is 1. The van der Waals surface area contributed by atoms with Crippen molar-refractivity contribution in [2.24, 2.45) is 10.9 Å². The van der Waals surface area contributed by atoms with Crippen molar-refractivity contribution in [3.8, 4) is 0 Å². The number of halogens is 2. The quantitative estimate of drug-likeness (QED) is 0.507. The molecule has 1 atom stereocenters. The van der Waals surface area contributed by atoms with Crippen LogP contribution in [0.5, 0.6) is 0 Å². The molecule has 1 fully saturated rings. The standard InChI is InChI=1S/C22H31F2N5S/c1-4-21-28-18(14-30-21)13-29-9-7-16(8-10-29)12-26-22(25-3)27-15(2)19-6-5-17(23)11-20(19)24/h5-6,11,14-16H,4,7-10,12-13H2,1-3H3,(H2,25,26,27). The van der Waals surface area contributed by atoms with Crippen molar-refractivity contribution >= 4 is 17.3 Å². The molecule has 1 saturated heterocycles. The summed E-state index contributed by atoms with van der Waals surface area (Å²) in [5.41, 5.74) is 1.60. The van der Waals surface area contributed by atoms with Crippen LogP contribution >= 0.6 is 11.3 Å². The predicted molar refractivity (Wildman–Crippen MR) is 119 cm³/mol. The topological polar surface area (TPSA) is 52.6 Å². The number of hydrogen-bond donors (Lipinski definition) is 2. The first-order valence-corrected chi connectivity index (χ1v) is 11.4. The Balaban J connectivity index is 1.42. The van der Waals surface area contributed by atoms with Gasteiger partial charge in [0.15, 0.2) is 5.96 Å². The van der Waals surface area contributed by atoms with Gasteiger partial charge >= 0.3 is 0 Å². The molecule has 5 nitrogen and oxygen atoms in total. The highest BCUT2D eigenvalue weighted by Crippen LogP contribution is 2.20. The number of rotatable bonds is 7. The fourth-order valence-corrected chi connectivity index (χ4v) is 4.47. The SMILES string of the molecule is CCc1nc(CN2CCC(CNC(=NC)NC(C)c3ccc(F)cc3F)CC2)cs1. The summed E-state index contributed by atoms with van der Waals surface area (Å²) in [5, 5.41) is 9.93. The van der Waals surface area contributed by atoms with Gasteiger partial charge < -0.3 is 10.6 Å². The van der Waals surface area contributed by atoms with Crippen LogP contribution < -0.4 is 10.6 Å². The molecule has 1 unspecified atom stereocenters. The van der Waals surface area contributed by atoms with Crippen LogP contribution in [0.25, 0.3) is 0 Å². The van der Waals surface area contributed by atoms with Crippen LogP contribution in [0.2, 0.25) is 0 Å². The summed E-state index contributed by atoms with van der Waals surface area (Å²) in [4.78, 5) is 11.4. The number of guanidine groups is 1. The van der Waals surface area contributed by atoms with E-state index in [9.17, 15) is 8.78 Å². The second-order valence-corrected chi connectivity index (χ2v) is 8.73. The lowest BCUT2D eigenvalue weighted by atomic mass is 9.97. The second-order valence-electron chi connectivity index (χ2n) is 7.79. The molecule has 0 bridgehead atoms. The molecule has 1 aromatic heterocycles. The zero-order valence-electron chi connectivity index (χ0n) is 17.9. The number of likely N-dealkylation sites (tertiary alicyclic amines) is 1. The van der Waals surface area contributed by atoms with Crippen LogP contribution in [0.3, 0.4) is 0 Å². The molecule has 0 saturated carbocycles. The van der Waals surface area contributed by atoms with E-state index in [1.165, 1.54) is 22.8 Å². The molecule has 164 valence electrons. The first kappa shape index (κ1) is 22.6. The minimum Gasteiger partial charge on any atom is -0.356 e. The fourth-order valence-electron chi connectivity index (χ4n) is 3.73. The monoisotopic (exact) mass is 435 g/mol. The maximum absolute atomic E-state index is 14.0. The molecule has 8 heteroatoms. The highest BCUT2D eigenvalue weighted by molar-refractivity contribution is 7.09. The number of thiazole rings is 1.